The lowest BCUT2D eigenvalue weighted by atomic mass is 10.1. The predicted molar refractivity (Wildman–Crippen MR) is 125 cm³/mol. The third-order valence-electron chi connectivity index (χ3n) is 4.77. The molecule has 0 saturated heterocycles. The molecule has 3 aromatic rings. The van der Waals surface area contributed by atoms with Gasteiger partial charge in [0, 0.05) is 11.3 Å². The van der Waals surface area contributed by atoms with Crippen molar-refractivity contribution in [2.45, 2.75) is 37.5 Å². The normalized spacial score (nSPS) is 11.5. The summed E-state index contributed by atoms with van der Waals surface area (Å²) >= 11 is 1.32. The minimum Gasteiger partial charge on any atom is -0.497 e. The molecule has 0 radical (unpaired) electrons. The summed E-state index contributed by atoms with van der Waals surface area (Å²) in [4.78, 5) is 17.6. The number of aryl methyl sites for hydroxylation is 2. The number of amides is 1. The second-order valence-corrected chi connectivity index (χ2v) is 8.46. The predicted octanol–water partition coefficient (Wildman–Crippen LogP) is 5.76. The maximum absolute atomic E-state index is 12.9. The van der Waals surface area contributed by atoms with E-state index in [2.05, 4.69) is 17.5 Å². The van der Waals surface area contributed by atoms with Gasteiger partial charge >= 0.3 is 0 Å². The highest BCUT2D eigenvalue weighted by Crippen LogP contribution is 2.31. The molecule has 3 rings (SSSR count). The van der Waals surface area contributed by atoms with Gasteiger partial charge in [0.25, 0.3) is 0 Å². The SMILES string of the molecule is CCC(Sc1nc(-c2ccc(OC)cc2)ccc1C#N)C(=O)Nc1cc(C)cc(C)c1. The Hall–Kier alpha value is -3.30. The lowest BCUT2D eigenvalue weighted by molar-refractivity contribution is -0.115. The smallest absolute Gasteiger partial charge is 0.237 e. The van der Waals surface area contributed by atoms with Gasteiger partial charge < -0.3 is 10.1 Å². The Morgan fingerprint density at radius 3 is 2.39 bits per heavy atom. The maximum Gasteiger partial charge on any atom is 0.237 e. The number of methoxy groups -OCH3 is 1. The highest BCUT2D eigenvalue weighted by molar-refractivity contribution is 8.00. The molecule has 0 aliphatic carbocycles. The van der Waals surface area contributed by atoms with Gasteiger partial charge in [-0.1, -0.05) is 24.8 Å². The van der Waals surface area contributed by atoms with Gasteiger partial charge in [-0.25, -0.2) is 4.98 Å². The van der Waals surface area contributed by atoms with Crippen molar-refractivity contribution in [2.75, 3.05) is 12.4 Å². The molecule has 5 nitrogen and oxygen atoms in total. The van der Waals surface area contributed by atoms with Crippen LogP contribution in [0, 0.1) is 25.2 Å². The number of nitriles is 1. The Bertz CT molecular complexity index is 1100. The second kappa shape index (κ2) is 10.1. The van der Waals surface area contributed by atoms with Gasteiger partial charge in [-0.15, -0.1) is 0 Å². The molecule has 1 heterocycles. The quantitative estimate of drug-likeness (QED) is 0.482. The van der Waals surface area contributed by atoms with E-state index in [-0.39, 0.29) is 11.2 Å². The number of aromatic nitrogens is 1. The number of carbonyl (C=O) groups is 1. The number of pyridine rings is 1. The van der Waals surface area contributed by atoms with Gasteiger partial charge in [0.2, 0.25) is 5.91 Å². The third-order valence-corrected chi connectivity index (χ3v) is 6.14. The van der Waals surface area contributed by atoms with Crippen LogP contribution >= 0.6 is 11.8 Å². The van der Waals surface area contributed by atoms with Crippen molar-refractivity contribution in [3.8, 4) is 23.1 Å². The third kappa shape index (κ3) is 5.65. The van der Waals surface area contributed by atoms with Crippen LogP contribution in [0.15, 0.2) is 59.6 Å². The summed E-state index contributed by atoms with van der Waals surface area (Å²) in [6.07, 6.45) is 0.612. The number of thioether (sulfide) groups is 1. The average molecular weight is 432 g/mol. The van der Waals surface area contributed by atoms with Crippen molar-refractivity contribution in [3.63, 3.8) is 0 Å². The van der Waals surface area contributed by atoms with Crippen molar-refractivity contribution >= 4 is 23.4 Å². The molecule has 0 saturated carbocycles. The molecule has 31 heavy (non-hydrogen) atoms. The Kier molecular flexibility index (Phi) is 7.32. The molecule has 158 valence electrons. The number of rotatable bonds is 7. The van der Waals surface area contributed by atoms with E-state index in [0.29, 0.717) is 17.0 Å². The van der Waals surface area contributed by atoms with Crippen LogP contribution in [0.2, 0.25) is 0 Å². The molecule has 0 fully saturated rings. The topological polar surface area (TPSA) is 75.0 Å². The van der Waals surface area contributed by atoms with Crippen molar-refractivity contribution in [1.82, 2.24) is 4.98 Å². The number of hydrogen-bond donors (Lipinski definition) is 1. The number of carbonyl (C=O) groups excluding carboxylic acids is 1. The molecule has 2 aromatic carbocycles. The average Bonchev–Trinajstić information content (AvgIpc) is 2.76. The van der Waals surface area contributed by atoms with Crippen molar-refractivity contribution in [1.29, 1.82) is 5.26 Å². The van der Waals surface area contributed by atoms with Crippen LogP contribution in [-0.2, 0) is 4.79 Å². The fourth-order valence-corrected chi connectivity index (χ4v) is 4.26. The first-order valence-electron chi connectivity index (χ1n) is 10.0. The fraction of sp³-hybridized carbons (Fsp3) is 0.240. The van der Waals surface area contributed by atoms with E-state index < -0.39 is 0 Å². The van der Waals surface area contributed by atoms with Gasteiger partial charge in [-0.05, 0) is 79.9 Å². The highest BCUT2D eigenvalue weighted by atomic mass is 32.2. The first-order valence-corrected chi connectivity index (χ1v) is 10.9. The Morgan fingerprint density at radius 1 is 1.13 bits per heavy atom. The number of ether oxygens (including phenoxy) is 1. The van der Waals surface area contributed by atoms with Gasteiger partial charge in [0.1, 0.15) is 16.8 Å². The summed E-state index contributed by atoms with van der Waals surface area (Å²) in [6, 6.07) is 19.3. The van der Waals surface area contributed by atoms with Gasteiger partial charge in [0.05, 0.1) is 23.6 Å². The minimum atomic E-state index is -0.369. The number of anilines is 1. The molecule has 6 heteroatoms. The molecule has 0 bridgehead atoms. The zero-order valence-electron chi connectivity index (χ0n) is 18.1. The van der Waals surface area contributed by atoms with Crippen molar-refractivity contribution in [3.05, 3.63) is 71.3 Å². The van der Waals surface area contributed by atoms with Crippen LogP contribution in [0.3, 0.4) is 0 Å². The molecule has 1 aromatic heterocycles. The molecule has 0 aliphatic heterocycles. The van der Waals surface area contributed by atoms with Gasteiger partial charge in [-0.2, -0.15) is 5.26 Å². The van der Waals surface area contributed by atoms with Crippen molar-refractivity contribution in [2.24, 2.45) is 0 Å². The van der Waals surface area contributed by atoms with E-state index in [1.54, 1.807) is 13.2 Å². The van der Waals surface area contributed by atoms with E-state index in [0.717, 1.165) is 33.8 Å². The van der Waals surface area contributed by atoms with E-state index in [1.165, 1.54) is 11.8 Å². The molecular formula is C25H25N3O2S. The lowest BCUT2D eigenvalue weighted by Gasteiger charge is -2.16. The Labute approximate surface area is 187 Å². The molecule has 0 spiro atoms. The zero-order valence-corrected chi connectivity index (χ0v) is 18.9. The van der Waals surface area contributed by atoms with Crippen LogP contribution in [0.4, 0.5) is 5.69 Å². The number of benzene rings is 2. The first-order chi connectivity index (χ1) is 14.9. The summed E-state index contributed by atoms with van der Waals surface area (Å²) in [5, 5.41) is 12.7. The molecule has 0 aliphatic rings. The van der Waals surface area contributed by atoms with Crippen LogP contribution in [0.1, 0.15) is 30.0 Å². The fourth-order valence-electron chi connectivity index (χ4n) is 3.26. The molecule has 1 N–H and O–H groups in total. The Balaban J connectivity index is 1.84. The first kappa shape index (κ1) is 22.4. The Morgan fingerprint density at radius 2 is 1.81 bits per heavy atom. The van der Waals surface area contributed by atoms with E-state index in [1.807, 2.05) is 63.2 Å². The van der Waals surface area contributed by atoms with Crippen LogP contribution < -0.4 is 10.1 Å². The molecule has 1 amide bonds. The maximum atomic E-state index is 12.9. The largest absolute Gasteiger partial charge is 0.497 e. The number of nitrogens with zero attached hydrogens (tertiary/aromatic N) is 2. The van der Waals surface area contributed by atoms with E-state index >= 15 is 0 Å². The summed E-state index contributed by atoms with van der Waals surface area (Å²) in [7, 11) is 1.62. The summed E-state index contributed by atoms with van der Waals surface area (Å²) in [5.41, 5.74) is 5.09. The second-order valence-electron chi connectivity index (χ2n) is 7.27. The lowest BCUT2D eigenvalue weighted by Crippen LogP contribution is -2.25. The summed E-state index contributed by atoms with van der Waals surface area (Å²) in [5.74, 6) is 0.666. The minimum absolute atomic E-state index is 0.0990. The van der Waals surface area contributed by atoms with E-state index in [4.69, 9.17) is 9.72 Å². The monoisotopic (exact) mass is 431 g/mol. The summed E-state index contributed by atoms with van der Waals surface area (Å²) < 4.78 is 5.21. The van der Waals surface area contributed by atoms with Crippen molar-refractivity contribution < 1.29 is 9.53 Å². The zero-order chi connectivity index (χ0) is 22.4. The van der Waals surface area contributed by atoms with Crippen LogP contribution in [-0.4, -0.2) is 23.3 Å². The van der Waals surface area contributed by atoms with Gasteiger partial charge in [0.15, 0.2) is 0 Å². The van der Waals surface area contributed by atoms with Crippen LogP contribution in [0.25, 0.3) is 11.3 Å². The standard InChI is InChI=1S/C25H25N3O2S/c1-5-23(24(29)27-20-13-16(2)12-17(3)14-20)31-25-19(15-26)8-11-22(28-25)18-6-9-21(30-4)10-7-18/h6-14,23H,5H2,1-4H3,(H,27,29). The number of hydrogen-bond acceptors (Lipinski definition) is 5. The summed E-state index contributed by atoms with van der Waals surface area (Å²) in [6.45, 7) is 5.96. The highest BCUT2D eigenvalue weighted by Gasteiger charge is 2.21. The molecule has 1 atom stereocenters. The van der Waals surface area contributed by atoms with E-state index in [9.17, 15) is 10.1 Å². The van der Waals surface area contributed by atoms with Gasteiger partial charge in [-0.3, -0.25) is 4.79 Å². The molecule has 1 unspecified atom stereocenters. The molecular weight excluding hydrogens is 406 g/mol. The number of nitrogens with one attached hydrogen (secondary N) is 1. The van der Waals surface area contributed by atoms with Crippen LogP contribution in [0.5, 0.6) is 5.75 Å².